The molecule has 1 aromatic heterocycles. The maximum atomic E-state index is 13.3. The van der Waals surface area contributed by atoms with Gasteiger partial charge in [-0.15, -0.1) is 0 Å². The first-order chi connectivity index (χ1) is 15.9. The Hall–Kier alpha value is -1.35. The molecule has 0 spiro atoms. The van der Waals surface area contributed by atoms with Gasteiger partial charge in [-0.3, -0.25) is 0 Å². The molecule has 1 saturated heterocycles. The minimum absolute atomic E-state index is 0.365. The van der Waals surface area contributed by atoms with Crippen LogP contribution in [-0.2, 0) is 15.8 Å². The first-order valence-electron chi connectivity index (χ1n) is 11.8. The first-order valence-corrected chi connectivity index (χ1v) is 15.0. The van der Waals surface area contributed by atoms with Crippen LogP contribution in [0, 0.1) is 5.92 Å². The molecule has 2 aromatic carbocycles. The lowest BCUT2D eigenvalue weighted by atomic mass is 10.0. The second kappa shape index (κ2) is 9.72. The minimum atomic E-state index is -3.50. The lowest BCUT2D eigenvalue weighted by Crippen LogP contribution is -2.39. The molecule has 0 N–H and O–H groups in total. The molecule has 176 valence electrons. The molecule has 5 rings (SSSR count). The van der Waals surface area contributed by atoms with Crippen molar-refractivity contribution in [3.8, 4) is 0 Å². The fourth-order valence-electron chi connectivity index (χ4n) is 5.08. The molecule has 2 fully saturated rings. The number of aromatic nitrogens is 2. The Kier molecular flexibility index (Phi) is 6.89. The first kappa shape index (κ1) is 23.4. The van der Waals surface area contributed by atoms with E-state index in [0.717, 1.165) is 52.1 Å². The Balaban J connectivity index is 1.48. The summed E-state index contributed by atoms with van der Waals surface area (Å²) >= 11 is 5.24. The van der Waals surface area contributed by atoms with Gasteiger partial charge in [0.25, 0.3) is 0 Å². The summed E-state index contributed by atoms with van der Waals surface area (Å²) in [7, 11) is -3.50. The molecule has 2 heterocycles. The Morgan fingerprint density at radius 1 is 1.06 bits per heavy atom. The van der Waals surface area contributed by atoms with Gasteiger partial charge in [0.2, 0.25) is 10.0 Å². The average Bonchev–Trinajstić information content (AvgIpc) is 3.45. The molecule has 3 aromatic rings. The molecule has 0 bridgehead atoms. The van der Waals surface area contributed by atoms with E-state index in [1.165, 1.54) is 18.4 Å². The standard InChI is InChI=1S/C25H30BrN3O2S2/c1-18-5-4-14-28(16-18)33(30,31)22-12-13-24-23(15-22)27-25(29(24)21-6-2-3-7-21)32-17-19-8-10-20(26)11-9-19/h8-13,15,18,21H,2-7,14,16-17H2,1H3/t18-/m0/s1. The highest BCUT2D eigenvalue weighted by atomic mass is 79.9. The van der Waals surface area contributed by atoms with Crippen molar-refractivity contribution < 1.29 is 8.42 Å². The van der Waals surface area contributed by atoms with E-state index in [9.17, 15) is 8.42 Å². The lowest BCUT2D eigenvalue weighted by molar-refractivity contribution is 0.281. The molecule has 0 radical (unpaired) electrons. The highest BCUT2D eigenvalue weighted by Crippen LogP contribution is 2.38. The normalized spacial score (nSPS) is 20.6. The predicted octanol–water partition coefficient (Wildman–Crippen LogP) is 6.63. The number of hydrogen-bond acceptors (Lipinski definition) is 4. The number of thioether (sulfide) groups is 1. The molecular weight excluding hydrogens is 518 g/mol. The molecule has 5 nitrogen and oxygen atoms in total. The van der Waals surface area contributed by atoms with E-state index in [0.29, 0.717) is 29.9 Å². The van der Waals surface area contributed by atoms with E-state index in [1.54, 1.807) is 28.2 Å². The van der Waals surface area contributed by atoms with Crippen molar-refractivity contribution in [3.63, 3.8) is 0 Å². The topological polar surface area (TPSA) is 55.2 Å². The number of benzene rings is 2. The number of nitrogens with zero attached hydrogens (tertiary/aromatic N) is 3. The molecular formula is C25H30BrN3O2S2. The highest BCUT2D eigenvalue weighted by molar-refractivity contribution is 9.10. The van der Waals surface area contributed by atoms with Crippen molar-refractivity contribution in [1.29, 1.82) is 0 Å². The molecule has 1 saturated carbocycles. The third-order valence-electron chi connectivity index (χ3n) is 6.86. The van der Waals surface area contributed by atoms with Crippen LogP contribution in [0.15, 0.2) is 57.0 Å². The largest absolute Gasteiger partial charge is 0.316 e. The van der Waals surface area contributed by atoms with Gasteiger partial charge in [-0.05, 0) is 67.5 Å². The van der Waals surface area contributed by atoms with Crippen LogP contribution < -0.4 is 0 Å². The molecule has 0 amide bonds. The second-order valence-corrected chi connectivity index (χ2v) is 13.2. The quantitative estimate of drug-likeness (QED) is 0.325. The van der Waals surface area contributed by atoms with Gasteiger partial charge in [0.05, 0.1) is 15.9 Å². The molecule has 2 aliphatic rings. The van der Waals surface area contributed by atoms with E-state index in [2.05, 4.69) is 51.7 Å². The van der Waals surface area contributed by atoms with Gasteiger partial charge in [0.15, 0.2) is 5.16 Å². The van der Waals surface area contributed by atoms with Gasteiger partial charge in [-0.1, -0.05) is 59.6 Å². The zero-order valence-electron chi connectivity index (χ0n) is 18.9. The number of halogens is 1. The Labute approximate surface area is 209 Å². The number of hydrogen-bond donors (Lipinski definition) is 0. The molecule has 1 aliphatic carbocycles. The van der Waals surface area contributed by atoms with Crippen LogP contribution in [0.4, 0.5) is 0 Å². The maximum absolute atomic E-state index is 13.3. The summed E-state index contributed by atoms with van der Waals surface area (Å²) in [6.45, 7) is 3.34. The molecule has 1 atom stereocenters. The van der Waals surface area contributed by atoms with Crippen molar-refractivity contribution in [2.75, 3.05) is 13.1 Å². The van der Waals surface area contributed by atoms with E-state index in [4.69, 9.17) is 4.98 Å². The van der Waals surface area contributed by atoms with Crippen molar-refractivity contribution >= 4 is 48.7 Å². The van der Waals surface area contributed by atoms with Crippen molar-refractivity contribution in [1.82, 2.24) is 13.9 Å². The highest BCUT2D eigenvalue weighted by Gasteiger charge is 2.30. The zero-order chi connectivity index (χ0) is 23.0. The van der Waals surface area contributed by atoms with Gasteiger partial charge in [-0.25, -0.2) is 13.4 Å². The maximum Gasteiger partial charge on any atom is 0.243 e. The number of sulfonamides is 1. The summed E-state index contributed by atoms with van der Waals surface area (Å²) in [5, 5.41) is 0.987. The van der Waals surface area contributed by atoms with Gasteiger partial charge in [0, 0.05) is 29.4 Å². The van der Waals surface area contributed by atoms with Crippen LogP contribution in [-0.4, -0.2) is 35.4 Å². The smallest absolute Gasteiger partial charge is 0.243 e. The van der Waals surface area contributed by atoms with E-state index >= 15 is 0 Å². The molecule has 1 aliphatic heterocycles. The minimum Gasteiger partial charge on any atom is -0.316 e. The molecule has 0 unspecified atom stereocenters. The SMILES string of the molecule is C[C@H]1CCCN(S(=O)(=O)c2ccc3c(c2)nc(SCc2ccc(Br)cc2)n3C2CCCC2)C1. The third-order valence-corrected chi connectivity index (χ3v) is 10.3. The van der Waals surface area contributed by atoms with Crippen LogP contribution in [0.5, 0.6) is 0 Å². The van der Waals surface area contributed by atoms with Gasteiger partial charge in [0.1, 0.15) is 0 Å². The van der Waals surface area contributed by atoms with Crippen LogP contribution in [0.2, 0.25) is 0 Å². The monoisotopic (exact) mass is 547 g/mol. The summed E-state index contributed by atoms with van der Waals surface area (Å²) in [6, 6.07) is 14.4. The molecule has 8 heteroatoms. The Morgan fingerprint density at radius 2 is 1.82 bits per heavy atom. The number of piperidine rings is 1. The van der Waals surface area contributed by atoms with Crippen LogP contribution in [0.1, 0.15) is 57.1 Å². The van der Waals surface area contributed by atoms with Gasteiger partial charge in [-0.2, -0.15) is 4.31 Å². The van der Waals surface area contributed by atoms with E-state index in [1.807, 2.05) is 6.07 Å². The van der Waals surface area contributed by atoms with Crippen molar-refractivity contribution in [2.45, 2.75) is 67.3 Å². The van der Waals surface area contributed by atoms with Crippen molar-refractivity contribution in [3.05, 3.63) is 52.5 Å². The fraction of sp³-hybridized carbons (Fsp3) is 0.480. The predicted molar refractivity (Wildman–Crippen MR) is 138 cm³/mol. The summed E-state index contributed by atoms with van der Waals surface area (Å²) < 4.78 is 31.8. The van der Waals surface area contributed by atoms with Crippen LogP contribution in [0.25, 0.3) is 11.0 Å². The number of rotatable bonds is 6. The van der Waals surface area contributed by atoms with Crippen LogP contribution >= 0.6 is 27.7 Å². The summed E-state index contributed by atoms with van der Waals surface area (Å²) in [5.74, 6) is 1.24. The average molecular weight is 549 g/mol. The third kappa shape index (κ3) is 4.90. The molecule has 33 heavy (non-hydrogen) atoms. The summed E-state index contributed by atoms with van der Waals surface area (Å²) in [4.78, 5) is 5.32. The van der Waals surface area contributed by atoms with Crippen LogP contribution in [0.3, 0.4) is 0 Å². The van der Waals surface area contributed by atoms with E-state index < -0.39 is 10.0 Å². The van der Waals surface area contributed by atoms with Gasteiger partial charge < -0.3 is 4.57 Å². The zero-order valence-corrected chi connectivity index (χ0v) is 22.1. The second-order valence-electron chi connectivity index (χ2n) is 9.38. The van der Waals surface area contributed by atoms with E-state index in [-0.39, 0.29) is 0 Å². The fourth-order valence-corrected chi connectivity index (χ4v) is 8.00. The Morgan fingerprint density at radius 3 is 2.55 bits per heavy atom. The summed E-state index contributed by atoms with van der Waals surface area (Å²) in [6.07, 6.45) is 6.80. The number of imidazole rings is 1. The number of fused-ring (bicyclic) bond motifs is 1. The van der Waals surface area contributed by atoms with Crippen molar-refractivity contribution in [2.24, 2.45) is 5.92 Å². The lowest BCUT2D eigenvalue weighted by Gasteiger charge is -2.30. The summed E-state index contributed by atoms with van der Waals surface area (Å²) in [5.41, 5.74) is 3.08. The van der Waals surface area contributed by atoms with Gasteiger partial charge >= 0.3 is 0 Å². The Bertz CT molecular complexity index is 1230.